The van der Waals surface area contributed by atoms with E-state index in [9.17, 15) is 4.79 Å². The molecule has 0 aliphatic carbocycles. The maximum atomic E-state index is 11.4. The third kappa shape index (κ3) is 4.47. The lowest BCUT2D eigenvalue weighted by molar-refractivity contribution is -0.150. The molecule has 1 atom stereocenters. The Labute approximate surface area is 93.1 Å². The predicted octanol–water partition coefficient (Wildman–Crippen LogP) is 2.39. The van der Waals surface area contributed by atoms with E-state index in [1.165, 1.54) is 5.92 Å². The lowest BCUT2D eigenvalue weighted by Gasteiger charge is -2.30. The number of nitrogens with zero attached hydrogens (tertiary/aromatic N) is 1. The van der Waals surface area contributed by atoms with Gasteiger partial charge in [0, 0.05) is 11.5 Å². The topological polar surface area (TPSA) is 29.5 Å². The highest BCUT2D eigenvalue weighted by atomic mass is 16.6. The van der Waals surface area contributed by atoms with Crippen molar-refractivity contribution in [2.24, 2.45) is 0 Å². The first kappa shape index (κ1) is 14.2. The van der Waals surface area contributed by atoms with Crippen LogP contribution >= 0.6 is 0 Å². The van der Waals surface area contributed by atoms with Crippen LogP contribution < -0.4 is 0 Å². The van der Waals surface area contributed by atoms with Crippen molar-refractivity contribution in [3.8, 4) is 0 Å². The quantitative estimate of drug-likeness (QED) is 0.384. The van der Waals surface area contributed by atoms with Crippen molar-refractivity contribution in [3.05, 3.63) is 18.1 Å². The molecule has 0 N–H and O–H groups in total. The maximum Gasteiger partial charge on any atom is 0.334 e. The number of hydrogen-bond donors (Lipinski definition) is 0. The van der Waals surface area contributed by atoms with Crippen LogP contribution in [0.25, 0.3) is 0 Å². The first-order valence-corrected chi connectivity index (χ1v) is 5.31. The Balaban J connectivity index is 4.53. The highest BCUT2D eigenvalue weighted by Gasteiger charge is 2.25. The standard InChI is InChI=1S/C12H22NO2/c1-7-10(8-2)11(13(5)6)15-12(14)9(3)4/h11H,3,7-8H2,1-2,4-6H3. The third-order valence-electron chi connectivity index (χ3n) is 2.29. The van der Waals surface area contributed by atoms with E-state index in [1.54, 1.807) is 6.92 Å². The number of carbonyl (C=O) groups excluding carboxylic acids is 1. The van der Waals surface area contributed by atoms with E-state index in [0.717, 1.165) is 12.8 Å². The Bertz CT molecular complexity index is 220. The highest BCUT2D eigenvalue weighted by molar-refractivity contribution is 5.87. The second kappa shape index (κ2) is 6.62. The normalized spacial score (nSPS) is 13.0. The van der Waals surface area contributed by atoms with Gasteiger partial charge >= 0.3 is 5.97 Å². The lowest BCUT2D eigenvalue weighted by Crippen LogP contribution is -2.38. The zero-order chi connectivity index (χ0) is 12.0. The van der Waals surface area contributed by atoms with Gasteiger partial charge in [0.2, 0.25) is 0 Å². The monoisotopic (exact) mass is 212 g/mol. The number of ether oxygens (including phenoxy) is 1. The number of carbonyl (C=O) groups is 1. The van der Waals surface area contributed by atoms with E-state index in [2.05, 4.69) is 20.4 Å². The molecular formula is C12H22NO2. The zero-order valence-electron chi connectivity index (χ0n) is 10.5. The van der Waals surface area contributed by atoms with Crippen molar-refractivity contribution in [1.82, 2.24) is 4.90 Å². The summed E-state index contributed by atoms with van der Waals surface area (Å²) in [6.07, 6.45) is 1.61. The summed E-state index contributed by atoms with van der Waals surface area (Å²) in [5.74, 6) is 0.891. The van der Waals surface area contributed by atoms with Gasteiger partial charge in [0.15, 0.2) is 6.23 Å². The number of hydrogen-bond acceptors (Lipinski definition) is 3. The van der Waals surface area contributed by atoms with Gasteiger partial charge in [-0.15, -0.1) is 0 Å². The summed E-state index contributed by atoms with van der Waals surface area (Å²) in [5.41, 5.74) is 0.438. The molecule has 87 valence electrons. The van der Waals surface area contributed by atoms with Gasteiger partial charge in [-0.05, 0) is 33.9 Å². The first-order valence-electron chi connectivity index (χ1n) is 5.31. The van der Waals surface area contributed by atoms with Crippen LogP contribution in [0.1, 0.15) is 33.6 Å². The molecule has 1 radical (unpaired) electrons. The predicted molar refractivity (Wildman–Crippen MR) is 62.2 cm³/mol. The molecule has 0 amide bonds. The van der Waals surface area contributed by atoms with E-state index in [0.29, 0.717) is 5.57 Å². The van der Waals surface area contributed by atoms with Crippen molar-refractivity contribution in [2.45, 2.75) is 39.8 Å². The summed E-state index contributed by atoms with van der Waals surface area (Å²) < 4.78 is 5.37. The molecule has 0 heterocycles. The van der Waals surface area contributed by atoms with Crippen molar-refractivity contribution in [3.63, 3.8) is 0 Å². The van der Waals surface area contributed by atoms with Crippen LogP contribution in [-0.4, -0.2) is 31.2 Å². The molecule has 0 aliphatic rings. The third-order valence-corrected chi connectivity index (χ3v) is 2.29. The Morgan fingerprint density at radius 1 is 1.33 bits per heavy atom. The van der Waals surface area contributed by atoms with Crippen LogP contribution in [-0.2, 0) is 9.53 Å². The highest BCUT2D eigenvalue weighted by Crippen LogP contribution is 2.21. The van der Waals surface area contributed by atoms with E-state index in [4.69, 9.17) is 4.74 Å². The fourth-order valence-corrected chi connectivity index (χ4v) is 1.36. The van der Waals surface area contributed by atoms with Crippen molar-refractivity contribution in [2.75, 3.05) is 14.1 Å². The van der Waals surface area contributed by atoms with E-state index in [1.807, 2.05) is 19.0 Å². The van der Waals surface area contributed by atoms with Crippen LogP contribution in [0.4, 0.5) is 0 Å². The van der Waals surface area contributed by atoms with Crippen LogP contribution in [0.15, 0.2) is 12.2 Å². The minimum atomic E-state index is -0.326. The Morgan fingerprint density at radius 3 is 2.07 bits per heavy atom. The molecule has 1 unspecified atom stereocenters. The number of esters is 1. The van der Waals surface area contributed by atoms with Gasteiger partial charge in [-0.3, -0.25) is 4.90 Å². The minimum absolute atomic E-state index is 0.232. The second-order valence-electron chi connectivity index (χ2n) is 3.87. The average Bonchev–Trinajstić information content (AvgIpc) is 2.17. The molecule has 0 aromatic rings. The SMILES string of the molecule is C=C(C)C(=O)OC([C](CC)CC)N(C)C. The van der Waals surface area contributed by atoms with E-state index >= 15 is 0 Å². The molecule has 0 bridgehead atoms. The molecule has 0 aliphatic heterocycles. The summed E-state index contributed by atoms with van der Waals surface area (Å²) in [4.78, 5) is 13.3. The van der Waals surface area contributed by atoms with Crippen LogP contribution in [0.5, 0.6) is 0 Å². The van der Waals surface area contributed by atoms with Crippen molar-refractivity contribution in [1.29, 1.82) is 0 Å². The lowest BCUT2D eigenvalue weighted by atomic mass is 10.0. The average molecular weight is 212 g/mol. The van der Waals surface area contributed by atoms with Crippen LogP contribution in [0.2, 0.25) is 0 Å². The van der Waals surface area contributed by atoms with Gasteiger partial charge in [-0.25, -0.2) is 4.79 Å². The van der Waals surface area contributed by atoms with Crippen molar-refractivity contribution >= 4 is 5.97 Å². The van der Waals surface area contributed by atoms with Gasteiger partial charge in [0.05, 0.1) is 0 Å². The molecule has 0 saturated heterocycles. The van der Waals surface area contributed by atoms with Gasteiger partial charge in [-0.2, -0.15) is 0 Å². The molecule has 15 heavy (non-hydrogen) atoms. The first-order chi connectivity index (χ1) is 6.93. The van der Waals surface area contributed by atoms with Gasteiger partial charge in [0.1, 0.15) is 0 Å². The van der Waals surface area contributed by atoms with E-state index < -0.39 is 0 Å². The molecule has 0 rings (SSSR count). The Hall–Kier alpha value is -0.830. The maximum absolute atomic E-state index is 11.4. The summed E-state index contributed by atoms with van der Waals surface area (Å²) in [5, 5.41) is 0. The summed E-state index contributed by atoms with van der Waals surface area (Å²) >= 11 is 0. The molecule has 3 nitrogen and oxygen atoms in total. The van der Waals surface area contributed by atoms with Crippen molar-refractivity contribution < 1.29 is 9.53 Å². The summed E-state index contributed by atoms with van der Waals surface area (Å²) in [6, 6.07) is 0. The summed E-state index contributed by atoms with van der Waals surface area (Å²) in [6.45, 7) is 9.38. The van der Waals surface area contributed by atoms with E-state index in [-0.39, 0.29) is 12.2 Å². The van der Waals surface area contributed by atoms with Gasteiger partial charge in [0.25, 0.3) is 0 Å². The summed E-state index contributed by atoms with van der Waals surface area (Å²) in [7, 11) is 3.81. The molecular weight excluding hydrogens is 190 g/mol. The number of rotatable bonds is 6. The fraction of sp³-hybridized carbons (Fsp3) is 0.667. The molecule has 0 saturated carbocycles. The molecule has 0 fully saturated rings. The smallest absolute Gasteiger partial charge is 0.334 e. The molecule has 0 aromatic carbocycles. The minimum Gasteiger partial charge on any atom is -0.442 e. The Morgan fingerprint density at radius 2 is 1.80 bits per heavy atom. The Kier molecular flexibility index (Phi) is 6.25. The molecule has 3 heteroatoms. The fourth-order valence-electron chi connectivity index (χ4n) is 1.36. The van der Waals surface area contributed by atoms with Gasteiger partial charge in [-0.1, -0.05) is 20.4 Å². The molecule has 0 aromatic heterocycles. The van der Waals surface area contributed by atoms with Gasteiger partial charge < -0.3 is 4.74 Å². The largest absolute Gasteiger partial charge is 0.442 e. The van der Waals surface area contributed by atoms with Crippen LogP contribution in [0, 0.1) is 5.92 Å². The molecule has 0 spiro atoms. The second-order valence-corrected chi connectivity index (χ2v) is 3.87. The zero-order valence-corrected chi connectivity index (χ0v) is 10.5. The van der Waals surface area contributed by atoms with Crippen LogP contribution in [0.3, 0.4) is 0 Å².